The average Bonchev–Trinajstić information content (AvgIpc) is 3.13. The van der Waals surface area contributed by atoms with E-state index in [0.29, 0.717) is 28.3 Å². The van der Waals surface area contributed by atoms with E-state index >= 15 is 0 Å². The van der Waals surface area contributed by atoms with Crippen molar-refractivity contribution < 1.29 is 19.0 Å². The summed E-state index contributed by atoms with van der Waals surface area (Å²) in [6, 6.07) is 7.01. The number of nitriles is 1. The maximum Gasteiger partial charge on any atom is 0.269 e. The van der Waals surface area contributed by atoms with Gasteiger partial charge in [0.25, 0.3) is 11.5 Å². The lowest BCUT2D eigenvalue weighted by molar-refractivity contribution is -0.121. The molecule has 1 aliphatic rings. The number of ether oxygens (including phenoxy) is 3. The molecule has 0 fully saturated rings. The quantitative estimate of drug-likeness (QED) is 0.519. The highest BCUT2D eigenvalue weighted by atomic mass is 79.9. The van der Waals surface area contributed by atoms with Crippen LogP contribution in [-0.4, -0.2) is 30.6 Å². The Hall–Kier alpha value is -3.16. The molecule has 0 saturated heterocycles. The predicted octanol–water partition coefficient (Wildman–Crippen LogP) is 1.82. The van der Waals surface area contributed by atoms with Crippen molar-refractivity contribution >= 4 is 28.1 Å². The summed E-state index contributed by atoms with van der Waals surface area (Å²) < 4.78 is 17.5. The number of hydrogen-bond acceptors (Lipinski definition) is 7. The van der Waals surface area contributed by atoms with Crippen LogP contribution in [0.25, 0.3) is 0 Å². The normalized spacial score (nSPS) is 12.2. The van der Waals surface area contributed by atoms with Gasteiger partial charge >= 0.3 is 0 Å². The molecule has 1 N–H and O–H groups in total. The Balaban J connectivity index is 1.73. The number of nitrogens with zero attached hydrogens (tertiary/aromatic N) is 3. The third-order valence-corrected chi connectivity index (χ3v) is 4.87. The molecule has 0 spiro atoms. The van der Waals surface area contributed by atoms with E-state index in [1.165, 1.54) is 17.9 Å². The number of pyridine rings is 1. The molecule has 150 valence electrons. The summed E-state index contributed by atoms with van der Waals surface area (Å²) in [5.41, 5.74) is 3.49. The Morgan fingerprint density at radius 2 is 2.14 bits per heavy atom. The van der Waals surface area contributed by atoms with Gasteiger partial charge < -0.3 is 18.8 Å². The summed E-state index contributed by atoms with van der Waals surface area (Å²) in [5.74, 6) is 0.702. The van der Waals surface area contributed by atoms with Gasteiger partial charge in [0.15, 0.2) is 11.5 Å². The number of rotatable bonds is 6. The van der Waals surface area contributed by atoms with E-state index < -0.39 is 11.5 Å². The molecule has 0 bridgehead atoms. The maximum atomic E-state index is 12.5. The molecule has 1 aromatic carbocycles. The number of amides is 1. The molecule has 0 radical (unpaired) electrons. The summed E-state index contributed by atoms with van der Waals surface area (Å²) in [4.78, 5) is 24.8. The molecule has 1 amide bonds. The summed E-state index contributed by atoms with van der Waals surface area (Å²) in [7, 11) is 1.48. The first-order valence-electron chi connectivity index (χ1n) is 8.48. The number of hydrogen-bond donors (Lipinski definition) is 1. The number of carbonyl (C=O) groups is 1. The highest BCUT2D eigenvalue weighted by Crippen LogP contribution is 2.36. The lowest BCUT2D eigenvalue weighted by Crippen LogP contribution is -2.33. The SMILES string of the molecule is COCc1cc(C)n(CC(=O)N/N=C/c2cc3c(cc2Br)OCO3)c(=O)c1C#N. The van der Waals surface area contributed by atoms with Gasteiger partial charge in [-0.2, -0.15) is 10.4 Å². The van der Waals surface area contributed by atoms with Gasteiger partial charge in [0.05, 0.1) is 12.8 Å². The molecular formula is C19H17BrN4O5. The Bertz CT molecular complexity index is 1090. The van der Waals surface area contributed by atoms with Crippen molar-refractivity contribution in [1.82, 2.24) is 9.99 Å². The minimum absolute atomic E-state index is 0.0435. The number of aromatic nitrogens is 1. The van der Waals surface area contributed by atoms with Gasteiger partial charge in [-0.1, -0.05) is 0 Å². The van der Waals surface area contributed by atoms with Crippen LogP contribution in [0.1, 0.15) is 22.4 Å². The number of nitrogens with one attached hydrogen (secondary N) is 1. The van der Waals surface area contributed by atoms with E-state index in [1.54, 1.807) is 25.1 Å². The molecule has 0 aliphatic carbocycles. The molecule has 10 heteroatoms. The van der Waals surface area contributed by atoms with Crippen molar-refractivity contribution in [2.24, 2.45) is 5.10 Å². The van der Waals surface area contributed by atoms with Crippen LogP contribution in [0.5, 0.6) is 11.5 Å². The minimum Gasteiger partial charge on any atom is -0.454 e. The van der Waals surface area contributed by atoms with Crippen LogP contribution in [0.15, 0.2) is 32.6 Å². The van der Waals surface area contributed by atoms with Gasteiger partial charge in [-0.3, -0.25) is 9.59 Å². The first-order valence-corrected chi connectivity index (χ1v) is 9.27. The fourth-order valence-electron chi connectivity index (χ4n) is 2.80. The Morgan fingerprint density at radius 1 is 1.41 bits per heavy atom. The van der Waals surface area contributed by atoms with E-state index in [-0.39, 0.29) is 25.5 Å². The minimum atomic E-state index is -0.544. The van der Waals surface area contributed by atoms with Crippen molar-refractivity contribution in [2.75, 3.05) is 13.9 Å². The Kier molecular flexibility index (Phi) is 6.31. The Morgan fingerprint density at radius 3 is 2.83 bits per heavy atom. The van der Waals surface area contributed by atoms with Gasteiger partial charge in [0.1, 0.15) is 18.2 Å². The topological polar surface area (TPSA) is 115 Å². The maximum absolute atomic E-state index is 12.5. The second-order valence-electron chi connectivity index (χ2n) is 6.14. The molecule has 1 aromatic heterocycles. The van der Waals surface area contributed by atoms with Crippen molar-refractivity contribution in [1.29, 1.82) is 5.26 Å². The zero-order chi connectivity index (χ0) is 21.0. The van der Waals surface area contributed by atoms with Crippen molar-refractivity contribution in [3.8, 4) is 17.6 Å². The first kappa shape index (κ1) is 20.6. The van der Waals surface area contributed by atoms with Gasteiger partial charge in [-0.25, -0.2) is 5.43 Å². The van der Waals surface area contributed by atoms with E-state index in [2.05, 4.69) is 26.5 Å². The Labute approximate surface area is 174 Å². The molecule has 1 aliphatic heterocycles. The van der Waals surface area contributed by atoms with Crippen molar-refractivity contribution in [2.45, 2.75) is 20.1 Å². The molecule has 0 atom stereocenters. The van der Waals surface area contributed by atoms with Crippen LogP contribution in [-0.2, 0) is 22.7 Å². The number of methoxy groups -OCH3 is 1. The second kappa shape index (κ2) is 8.89. The zero-order valence-corrected chi connectivity index (χ0v) is 17.3. The van der Waals surface area contributed by atoms with E-state index in [4.69, 9.17) is 14.2 Å². The van der Waals surface area contributed by atoms with E-state index in [9.17, 15) is 14.9 Å². The van der Waals surface area contributed by atoms with E-state index in [1.807, 2.05) is 6.07 Å². The third-order valence-electron chi connectivity index (χ3n) is 4.19. The summed E-state index contributed by atoms with van der Waals surface area (Å²) in [6.45, 7) is 1.70. The first-order chi connectivity index (χ1) is 13.9. The number of halogens is 1. The second-order valence-corrected chi connectivity index (χ2v) is 7.00. The fraction of sp³-hybridized carbons (Fsp3) is 0.263. The predicted molar refractivity (Wildman–Crippen MR) is 107 cm³/mol. The lowest BCUT2D eigenvalue weighted by atomic mass is 10.1. The van der Waals surface area contributed by atoms with Crippen LogP contribution < -0.4 is 20.5 Å². The summed E-state index contributed by atoms with van der Waals surface area (Å²) >= 11 is 3.40. The molecule has 2 heterocycles. The van der Waals surface area contributed by atoms with Crippen LogP contribution in [0, 0.1) is 18.3 Å². The highest BCUT2D eigenvalue weighted by Gasteiger charge is 2.16. The molecule has 2 aromatic rings. The number of aryl methyl sites for hydroxylation is 1. The van der Waals surface area contributed by atoms with Crippen LogP contribution in [0.2, 0.25) is 0 Å². The smallest absolute Gasteiger partial charge is 0.269 e. The van der Waals surface area contributed by atoms with Crippen molar-refractivity contribution in [3.05, 3.63) is 55.4 Å². The number of hydrazone groups is 1. The highest BCUT2D eigenvalue weighted by molar-refractivity contribution is 9.10. The number of carbonyl (C=O) groups excluding carboxylic acids is 1. The zero-order valence-electron chi connectivity index (χ0n) is 15.7. The fourth-order valence-corrected chi connectivity index (χ4v) is 3.23. The largest absolute Gasteiger partial charge is 0.454 e. The molecule has 0 unspecified atom stereocenters. The number of benzene rings is 1. The van der Waals surface area contributed by atoms with Gasteiger partial charge in [-0.15, -0.1) is 0 Å². The average molecular weight is 461 g/mol. The van der Waals surface area contributed by atoms with E-state index in [0.717, 1.165) is 4.47 Å². The van der Waals surface area contributed by atoms with Gasteiger partial charge in [0, 0.05) is 28.4 Å². The molecular weight excluding hydrogens is 444 g/mol. The van der Waals surface area contributed by atoms with Crippen molar-refractivity contribution in [3.63, 3.8) is 0 Å². The van der Waals surface area contributed by atoms with Crippen LogP contribution >= 0.6 is 15.9 Å². The molecule has 0 saturated carbocycles. The molecule has 3 rings (SSSR count). The molecule has 29 heavy (non-hydrogen) atoms. The standard InChI is InChI=1S/C19H17BrN4O5/c1-11-3-13(9-27-2)14(6-21)19(26)24(11)8-18(25)23-22-7-12-4-16-17(5-15(12)20)29-10-28-16/h3-5,7H,8-10H2,1-2H3,(H,23,25)/b22-7+. The molecule has 9 nitrogen and oxygen atoms in total. The monoisotopic (exact) mass is 460 g/mol. The number of fused-ring (bicyclic) bond motifs is 1. The summed E-state index contributed by atoms with van der Waals surface area (Å²) in [6.07, 6.45) is 1.45. The third kappa shape index (κ3) is 4.47. The van der Waals surface area contributed by atoms with Gasteiger partial charge in [0.2, 0.25) is 6.79 Å². The van der Waals surface area contributed by atoms with Gasteiger partial charge in [-0.05, 0) is 41.1 Å². The van der Waals surface area contributed by atoms with Crippen LogP contribution in [0.4, 0.5) is 0 Å². The lowest BCUT2D eigenvalue weighted by Gasteiger charge is -2.12. The van der Waals surface area contributed by atoms with Crippen LogP contribution in [0.3, 0.4) is 0 Å². The summed E-state index contributed by atoms with van der Waals surface area (Å²) in [5, 5.41) is 13.2.